The van der Waals surface area contributed by atoms with Crippen LogP contribution in [0.15, 0.2) is 12.1 Å². The Kier molecular flexibility index (Phi) is 6.94. The third-order valence-electron chi connectivity index (χ3n) is 3.41. The van der Waals surface area contributed by atoms with Gasteiger partial charge in [0.1, 0.15) is 5.75 Å². The Balaban J connectivity index is 0.00000264. The molecule has 0 bridgehead atoms. The van der Waals surface area contributed by atoms with E-state index < -0.39 is 15.9 Å². The molecule has 0 radical (unpaired) electrons. The molecule has 0 saturated carbocycles. The van der Waals surface area contributed by atoms with Crippen LogP contribution in [0.1, 0.15) is 16.8 Å². The number of nitrogens with zero attached hydrogens (tertiary/aromatic N) is 1. The highest BCUT2D eigenvalue weighted by Crippen LogP contribution is 2.28. The van der Waals surface area contributed by atoms with Gasteiger partial charge in [-0.3, -0.25) is 4.79 Å². The summed E-state index contributed by atoms with van der Waals surface area (Å²) in [6.07, 6.45) is 0.623. The molecule has 1 amide bonds. The molecule has 0 aromatic heterocycles. The topological polar surface area (TPSA) is 102 Å². The van der Waals surface area contributed by atoms with Gasteiger partial charge < -0.3 is 15.8 Å². The number of ether oxygens (including phenoxy) is 1. The van der Waals surface area contributed by atoms with Gasteiger partial charge in [0.05, 0.1) is 29.1 Å². The number of rotatable bonds is 5. The minimum atomic E-state index is -3.16. The van der Waals surface area contributed by atoms with E-state index >= 15 is 0 Å². The molecule has 1 aromatic carbocycles. The molecule has 3 N–H and O–H groups in total. The van der Waals surface area contributed by atoms with Gasteiger partial charge in [0.15, 0.2) is 0 Å². The number of anilines is 1. The van der Waals surface area contributed by atoms with Crippen LogP contribution in [-0.2, 0) is 10.0 Å². The molecule has 1 saturated heterocycles. The van der Waals surface area contributed by atoms with E-state index in [1.165, 1.54) is 23.5 Å². The lowest BCUT2D eigenvalue weighted by atomic mass is 10.1. The number of hydrogen-bond acceptors (Lipinski definition) is 5. The average Bonchev–Trinajstić information content (AvgIpc) is 2.80. The Morgan fingerprint density at radius 3 is 2.74 bits per heavy atom. The highest BCUT2D eigenvalue weighted by Gasteiger charge is 2.27. The van der Waals surface area contributed by atoms with E-state index in [0.29, 0.717) is 24.4 Å². The van der Waals surface area contributed by atoms with E-state index in [0.717, 1.165) is 0 Å². The number of nitrogens with two attached hydrogens (primary N) is 1. The molecule has 1 fully saturated rings. The first kappa shape index (κ1) is 19.8. The number of sulfonamides is 1. The Morgan fingerprint density at radius 1 is 1.48 bits per heavy atom. The number of amides is 1. The maximum Gasteiger partial charge on any atom is 0.255 e. The molecular formula is C13H19Cl2N3O4S. The van der Waals surface area contributed by atoms with Crippen molar-refractivity contribution in [2.24, 2.45) is 0 Å². The fourth-order valence-corrected chi connectivity index (χ4v) is 3.94. The van der Waals surface area contributed by atoms with E-state index in [2.05, 4.69) is 5.32 Å². The van der Waals surface area contributed by atoms with Gasteiger partial charge in [0.2, 0.25) is 10.0 Å². The van der Waals surface area contributed by atoms with Crippen molar-refractivity contribution in [3.8, 4) is 5.75 Å². The van der Waals surface area contributed by atoms with Crippen molar-refractivity contribution in [3.63, 3.8) is 0 Å². The summed E-state index contributed by atoms with van der Waals surface area (Å²) in [4.78, 5) is 12.2. The SMILES string of the molecule is COc1cc(N)c(Cl)cc1C(=O)NCCN1CCCS1(=O)=O.Cl. The van der Waals surface area contributed by atoms with Crippen molar-refractivity contribution in [2.45, 2.75) is 6.42 Å². The summed E-state index contributed by atoms with van der Waals surface area (Å²) in [6.45, 7) is 0.956. The molecule has 2 rings (SSSR count). The molecule has 0 aliphatic carbocycles. The molecular weight excluding hydrogens is 365 g/mol. The lowest BCUT2D eigenvalue weighted by molar-refractivity contribution is 0.0949. The number of methoxy groups -OCH3 is 1. The summed E-state index contributed by atoms with van der Waals surface area (Å²) >= 11 is 5.91. The summed E-state index contributed by atoms with van der Waals surface area (Å²) in [5.74, 6) is 0.0889. The summed E-state index contributed by atoms with van der Waals surface area (Å²) in [6, 6.07) is 2.90. The third-order valence-corrected chi connectivity index (χ3v) is 5.70. The van der Waals surface area contributed by atoms with Crippen LogP contribution >= 0.6 is 24.0 Å². The molecule has 0 atom stereocenters. The van der Waals surface area contributed by atoms with Crippen molar-refractivity contribution in [2.75, 3.05) is 38.2 Å². The average molecular weight is 384 g/mol. The van der Waals surface area contributed by atoms with Gasteiger partial charge in [0, 0.05) is 25.7 Å². The van der Waals surface area contributed by atoms with Gasteiger partial charge in [-0.15, -0.1) is 12.4 Å². The maximum atomic E-state index is 12.2. The third kappa shape index (κ3) is 4.63. The van der Waals surface area contributed by atoms with Crippen molar-refractivity contribution in [1.82, 2.24) is 9.62 Å². The number of carbonyl (C=O) groups excluding carboxylic acids is 1. The van der Waals surface area contributed by atoms with Crippen LogP contribution in [0.2, 0.25) is 5.02 Å². The van der Waals surface area contributed by atoms with E-state index in [1.807, 2.05) is 0 Å². The first-order valence-electron chi connectivity index (χ1n) is 6.74. The smallest absolute Gasteiger partial charge is 0.255 e. The normalized spacial score (nSPS) is 16.6. The monoisotopic (exact) mass is 383 g/mol. The van der Waals surface area contributed by atoms with Crippen molar-refractivity contribution in [1.29, 1.82) is 0 Å². The molecule has 1 aliphatic heterocycles. The van der Waals surface area contributed by atoms with E-state index in [9.17, 15) is 13.2 Å². The molecule has 1 heterocycles. The zero-order valence-corrected chi connectivity index (χ0v) is 14.9. The van der Waals surface area contributed by atoms with Crippen molar-refractivity contribution < 1.29 is 17.9 Å². The van der Waals surface area contributed by atoms with Crippen LogP contribution in [0.3, 0.4) is 0 Å². The van der Waals surface area contributed by atoms with Gasteiger partial charge in [-0.25, -0.2) is 12.7 Å². The number of carbonyl (C=O) groups is 1. The van der Waals surface area contributed by atoms with Gasteiger partial charge in [-0.1, -0.05) is 11.6 Å². The van der Waals surface area contributed by atoms with Crippen molar-refractivity contribution >= 4 is 45.6 Å². The van der Waals surface area contributed by atoms with Crippen LogP contribution in [0.5, 0.6) is 5.75 Å². The summed E-state index contributed by atoms with van der Waals surface area (Å²) in [7, 11) is -1.73. The summed E-state index contributed by atoms with van der Waals surface area (Å²) in [5, 5.41) is 2.92. The predicted molar refractivity (Wildman–Crippen MR) is 92.0 cm³/mol. The number of benzene rings is 1. The molecule has 0 spiro atoms. The number of halogens is 2. The largest absolute Gasteiger partial charge is 0.496 e. The van der Waals surface area contributed by atoms with Gasteiger partial charge in [0.25, 0.3) is 5.91 Å². The fourth-order valence-electron chi connectivity index (χ4n) is 2.25. The zero-order chi connectivity index (χ0) is 16.3. The predicted octanol–water partition coefficient (Wildman–Crippen LogP) is 1.12. The van der Waals surface area contributed by atoms with Crippen LogP contribution < -0.4 is 15.8 Å². The second-order valence-corrected chi connectivity index (χ2v) is 7.39. The Labute approximate surface area is 146 Å². The fraction of sp³-hybridized carbons (Fsp3) is 0.462. The molecule has 7 nitrogen and oxygen atoms in total. The standard InChI is InChI=1S/C13H18ClN3O4S.ClH/c1-21-12-8-11(15)10(14)7-9(12)13(18)16-3-5-17-4-2-6-22(17,19)20;/h7-8H,2-6,15H2,1H3,(H,16,18);1H. The highest BCUT2D eigenvalue weighted by atomic mass is 35.5. The first-order chi connectivity index (χ1) is 10.3. The van der Waals surface area contributed by atoms with Crippen LogP contribution in [0.25, 0.3) is 0 Å². The second kappa shape index (κ2) is 8.05. The van der Waals surface area contributed by atoms with Gasteiger partial charge in [-0.05, 0) is 12.5 Å². The summed E-state index contributed by atoms with van der Waals surface area (Å²) in [5.41, 5.74) is 6.23. The second-order valence-electron chi connectivity index (χ2n) is 4.90. The number of nitrogen functional groups attached to an aromatic ring is 1. The minimum absolute atomic E-state index is 0. The van der Waals surface area contributed by atoms with E-state index in [4.69, 9.17) is 22.1 Å². The van der Waals surface area contributed by atoms with E-state index in [1.54, 1.807) is 0 Å². The minimum Gasteiger partial charge on any atom is -0.496 e. The van der Waals surface area contributed by atoms with Gasteiger partial charge in [-0.2, -0.15) is 0 Å². The quantitative estimate of drug-likeness (QED) is 0.741. The lowest BCUT2D eigenvalue weighted by Gasteiger charge is -2.15. The molecule has 23 heavy (non-hydrogen) atoms. The van der Waals surface area contributed by atoms with Gasteiger partial charge >= 0.3 is 0 Å². The molecule has 1 aliphatic rings. The zero-order valence-electron chi connectivity index (χ0n) is 12.5. The summed E-state index contributed by atoms with van der Waals surface area (Å²) < 4.78 is 29.8. The van der Waals surface area contributed by atoms with Crippen LogP contribution in [0.4, 0.5) is 5.69 Å². The molecule has 1 aromatic rings. The molecule has 10 heteroatoms. The highest BCUT2D eigenvalue weighted by molar-refractivity contribution is 7.89. The first-order valence-corrected chi connectivity index (χ1v) is 8.73. The Morgan fingerprint density at radius 2 is 2.17 bits per heavy atom. The Hall–Kier alpha value is -1.22. The molecule has 0 unspecified atom stereocenters. The Bertz CT molecular complexity index is 682. The maximum absolute atomic E-state index is 12.2. The number of nitrogens with one attached hydrogen (secondary N) is 1. The number of hydrogen-bond donors (Lipinski definition) is 2. The van der Waals surface area contributed by atoms with Crippen LogP contribution in [0, 0.1) is 0 Å². The lowest BCUT2D eigenvalue weighted by Crippen LogP contribution is -2.36. The van der Waals surface area contributed by atoms with E-state index in [-0.39, 0.29) is 41.8 Å². The van der Waals surface area contributed by atoms with Crippen LogP contribution in [-0.4, -0.2) is 51.1 Å². The molecule has 130 valence electrons. The van der Waals surface area contributed by atoms with Crippen molar-refractivity contribution in [3.05, 3.63) is 22.7 Å².